The maximum Gasteiger partial charge on any atom is 0.311 e. The molecule has 3 rings (SSSR count). The number of ether oxygens (including phenoxy) is 3. The highest BCUT2D eigenvalue weighted by molar-refractivity contribution is 7.85. The minimum atomic E-state index is -4.51. The van der Waals surface area contributed by atoms with Crippen molar-refractivity contribution in [2.75, 3.05) is 12.4 Å². The number of hydrogen-bond acceptors (Lipinski definition) is 9. The molecule has 0 spiro atoms. The summed E-state index contributed by atoms with van der Waals surface area (Å²) in [4.78, 5) is 36.8. The van der Waals surface area contributed by atoms with Gasteiger partial charge < -0.3 is 18.8 Å². The van der Waals surface area contributed by atoms with E-state index in [0.29, 0.717) is 6.42 Å². The lowest BCUT2D eigenvalue weighted by Gasteiger charge is -2.32. The maximum absolute atomic E-state index is 12.4. The van der Waals surface area contributed by atoms with Crippen LogP contribution < -0.4 is 0 Å². The van der Waals surface area contributed by atoms with Crippen LogP contribution in [0.25, 0.3) is 0 Å². The summed E-state index contributed by atoms with van der Waals surface area (Å²) in [5.74, 6) is -4.78. The molecule has 3 aliphatic rings. The highest BCUT2D eigenvalue weighted by atomic mass is 32.2. The molecule has 146 valence electrons. The molecular formula is C16H21O9S-. The predicted octanol–water partition coefficient (Wildman–Crippen LogP) is -0.160. The Morgan fingerprint density at radius 3 is 2.50 bits per heavy atom. The van der Waals surface area contributed by atoms with E-state index in [1.807, 2.05) is 0 Å². The predicted molar refractivity (Wildman–Crippen MR) is 83.3 cm³/mol. The smallest absolute Gasteiger partial charge is 0.311 e. The second kappa shape index (κ2) is 6.19. The fourth-order valence-electron chi connectivity index (χ4n) is 4.11. The second-order valence-corrected chi connectivity index (χ2v) is 9.59. The number of fused-ring (bicyclic) bond motifs is 1. The van der Waals surface area contributed by atoms with E-state index < -0.39 is 75.8 Å². The van der Waals surface area contributed by atoms with Crippen LogP contribution in [0.1, 0.15) is 27.2 Å². The molecule has 6 unspecified atom stereocenters. The summed E-state index contributed by atoms with van der Waals surface area (Å²) in [6.07, 6.45) is -0.798. The van der Waals surface area contributed by atoms with E-state index in [0.717, 1.165) is 0 Å². The fraction of sp³-hybridized carbons (Fsp3) is 0.812. The molecule has 1 aliphatic heterocycles. The first-order valence-electron chi connectivity index (χ1n) is 8.42. The van der Waals surface area contributed by atoms with Gasteiger partial charge in [-0.25, -0.2) is 8.42 Å². The highest BCUT2D eigenvalue weighted by Crippen LogP contribution is 2.59. The van der Waals surface area contributed by atoms with Gasteiger partial charge in [-0.1, -0.05) is 0 Å². The molecule has 3 fully saturated rings. The summed E-state index contributed by atoms with van der Waals surface area (Å²) in [5.41, 5.74) is -0.748. The standard InChI is InChI=1S/C16H22O9S/c1-16(2,3)15(19)25-12-7-6-8-10(14(18)24-11(8)12)9(7)13(17)23-4-5-26(20,21)22/h7-12H,4-6H2,1-3H3,(H,20,21,22)/p-1. The molecule has 2 bridgehead atoms. The van der Waals surface area contributed by atoms with Gasteiger partial charge in [-0.05, 0) is 27.2 Å². The zero-order chi connectivity index (χ0) is 19.4. The Labute approximate surface area is 151 Å². The number of rotatable bonds is 5. The van der Waals surface area contributed by atoms with Gasteiger partial charge >= 0.3 is 17.9 Å². The van der Waals surface area contributed by atoms with Crippen LogP contribution in [0.5, 0.6) is 0 Å². The average molecular weight is 389 g/mol. The second-order valence-electron chi connectivity index (χ2n) is 8.07. The molecule has 0 amide bonds. The van der Waals surface area contributed by atoms with Gasteiger partial charge in [0, 0.05) is 11.8 Å². The van der Waals surface area contributed by atoms with E-state index in [9.17, 15) is 27.4 Å². The van der Waals surface area contributed by atoms with Crippen molar-refractivity contribution in [3.63, 3.8) is 0 Å². The zero-order valence-electron chi connectivity index (χ0n) is 14.7. The van der Waals surface area contributed by atoms with Crippen LogP contribution in [-0.4, -0.2) is 55.4 Å². The van der Waals surface area contributed by atoms with Gasteiger partial charge in [-0.2, -0.15) is 0 Å². The van der Waals surface area contributed by atoms with Crippen molar-refractivity contribution in [1.82, 2.24) is 0 Å². The molecule has 26 heavy (non-hydrogen) atoms. The van der Waals surface area contributed by atoms with Gasteiger partial charge in [0.05, 0.1) is 33.1 Å². The monoisotopic (exact) mass is 389 g/mol. The van der Waals surface area contributed by atoms with Crippen molar-refractivity contribution >= 4 is 28.0 Å². The van der Waals surface area contributed by atoms with Gasteiger partial charge in [0.25, 0.3) is 0 Å². The minimum absolute atomic E-state index is 0.231. The van der Waals surface area contributed by atoms with Crippen LogP contribution in [0.4, 0.5) is 0 Å². The Kier molecular flexibility index (Phi) is 4.55. The molecule has 6 atom stereocenters. The van der Waals surface area contributed by atoms with Gasteiger partial charge in [0.15, 0.2) is 0 Å². The van der Waals surface area contributed by atoms with E-state index in [2.05, 4.69) is 0 Å². The molecule has 2 aliphatic carbocycles. The van der Waals surface area contributed by atoms with E-state index >= 15 is 0 Å². The summed E-state index contributed by atoms with van der Waals surface area (Å²) in [7, 11) is -4.51. The summed E-state index contributed by atoms with van der Waals surface area (Å²) in [6.45, 7) is 4.51. The molecule has 0 aromatic rings. The zero-order valence-corrected chi connectivity index (χ0v) is 15.5. The van der Waals surface area contributed by atoms with Crippen LogP contribution in [-0.2, 0) is 38.7 Å². The number of hydrogen-bond donors (Lipinski definition) is 0. The summed E-state index contributed by atoms with van der Waals surface area (Å²) in [6, 6.07) is 0. The highest BCUT2D eigenvalue weighted by Gasteiger charge is 2.70. The lowest BCUT2D eigenvalue weighted by molar-refractivity contribution is -0.172. The Hall–Kier alpha value is -1.68. The number of carbonyl (C=O) groups is 3. The Balaban J connectivity index is 1.74. The molecule has 0 aromatic carbocycles. The van der Waals surface area contributed by atoms with Crippen molar-refractivity contribution in [3.05, 3.63) is 0 Å². The van der Waals surface area contributed by atoms with Crippen molar-refractivity contribution in [3.8, 4) is 0 Å². The summed E-state index contributed by atoms with van der Waals surface area (Å²) >= 11 is 0. The van der Waals surface area contributed by atoms with E-state index in [1.54, 1.807) is 20.8 Å². The summed E-state index contributed by atoms with van der Waals surface area (Å²) in [5, 5.41) is 0. The normalized spacial score (nSPS) is 35.3. The lowest BCUT2D eigenvalue weighted by atomic mass is 9.78. The van der Waals surface area contributed by atoms with Crippen LogP contribution >= 0.6 is 0 Å². The Bertz CT molecular complexity index is 735. The number of carbonyl (C=O) groups excluding carboxylic acids is 3. The minimum Gasteiger partial charge on any atom is -0.748 e. The third-order valence-corrected chi connectivity index (χ3v) is 5.92. The van der Waals surface area contributed by atoms with E-state index in [1.165, 1.54) is 0 Å². The molecule has 0 aromatic heterocycles. The van der Waals surface area contributed by atoms with Crippen LogP contribution in [0.15, 0.2) is 0 Å². The topological polar surface area (TPSA) is 136 Å². The van der Waals surface area contributed by atoms with E-state index in [4.69, 9.17) is 14.2 Å². The van der Waals surface area contributed by atoms with Crippen LogP contribution in [0, 0.1) is 29.1 Å². The van der Waals surface area contributed by atoms with E-state index in [-0.39, 0.29) is 5.92 Å². The Morgan fingerprint density at radius 2 is 1.92 bits per heavy atom. The van der Waals surface area contributed by atoms with Gasteiger partial charge in [-0.3, -0.25) is 14.4 Å². The van der Waals surface area contributed by atoms with Crippen LogP contribution in [0.3, 0.4) is 0 Å². The summed E-state index contributed by atoms with van der Waals surface area (Å²) < 4.78 is 47.7. The van der Waals surface area contributed by atoms with Gasteiger partial charge in [0.2, 0.25) is 0 Å². The molecular weight excluding hydrogens is 368 g/mol. The largest absolute Gasteiger partial charge is 0.748 e. The average Bonchev–Trinajstić information content (AvgIpc) is 3.07. The molecule has 0 N–H and O–H groups in total. The SMILES string of the molecule is CC(C)(C)C(=O)OC1C2CC3C1OC(=O)C3C2C(=O)OCCS(=O)(=O)[O-]. The fourth-order valence-corrected chi connectivity index (χ4v) is 4.40. The van der Waals surface area contributed by atoms with Crippen molar-refractivity contribution < 1.29 is 41.6 Å². The lowest BCUT2D eigenvalue weighted by Crippen LogP contribution is -2.45. The molecule has 10 heteroatoms. The number of esters is 3. The van der Waals surface area contributed by atoms with Crippen LogP contribution in [0.2, 0.25) is 0 Å². The quantitative estimate of drug-likeness (QED) is 0.357. The molecule has 0 radical (unpaired) electrons. The van der Waals surface area contributed by atoms with Gasteiger partial charge in [0.1, 0.15) is 18.8 Å². The van der Waals surface area contributed by atoms with Crippen molar-refractivity contribution in [2.24, 2.45) is 29.1 Å². The Morgan fingerprint density at radius 1 is 1.27 bits per heavy atom. The third-order valence-electron chi connectivity index (χ3n) is 5.25. The molecule has 1 saturated heterocycles. The molecule has 1 heterocycles. The first-order chi connectivity index (χ1) is 11.9. The molecule has 2 saturated carbocycles. The van der Waals surface area contributed by atoms with Crippen molar-refractivity contribution in [1.29, 1.82) is 0 Å². The molecule has 9 nitrogen and oxygen atoms in total. The van der Waals surface area contributed by atoms with Crippen molar-refractivity contribution in [2.45, 2.75) is 39.4 Å². The first kappa shape index (κ1) is 19.1. The third kappa shape index (κ3) is 3.32. The first-order valence-corrected chi connectivity index (χ1v) is 9.99. The maximum atomic E-state index is 12.4. The van der Waals surface area contributed by atoms with Gasteiger partial charge in [-0.15, -0.1) is 0 Å².